The van der Waals surface area contributed by atoms with Crippen LogP contribution in [0.25, 0.3) is 0 Å². The summed E-state index contributed by atoms with van der Waals surface area (Å²) >= 11 is 5.66. The van der Waals surface area contributed by atoms with Crippen molar-refractivity contribution in [2.24, 2.45) is 0 Å². The second-order valence-electron chi connectivity index (χ2n) is 4.11. The lowest BCUT2D eigenvalue weighted by molar-refractivity contribution is -0.384. The number of carbonyl (C=O) groups is 1. The number of hydrogen-bond donors (Lipinski definition) is 2. The highest BCUT2D eigenvalue weighted by Crippen LogP contribution is 2.25. The van der Waals surface area contributed by atoms with E-state index in [9.17, 15) is 14.9 Å². The summed E-state index contributed by atoms with van der Waals surface area (Å²) in [6.07, 6.45) is 2.46. The Morgan fingerprint density at radius 1 is 1.68 bits per heavy atom. The van der Waals surface area contributed by atoms with Gasteiger partial charge in [-0.1, -0.05) is 11.6 Å². The number of pyridine rings is 1. The van der Waals surface area contributed by atoms with Gasteiger partial charge in [0.05, 0.1) is 9.95 Å². The highest BCUT2D eigenvalue weighted by atomic mass is 35.5. The van der Waals surface area contributed by atoms with Crippen molar-refractivity contribution in [1.29, 1.82) is 0 Å². The normalized spacial score (nSPS) is 11.9. The summed E-state index contributed by atoms with van der Waals surface area (Å²) in [5.74, 6) is -0.722. The minimum Gasteiger partial charge on any atom is -0.481 e. The molecule has 104 valence electrons. The van der Waals surface area contributed by atoms with Crippen molar-refractivity contribution in [2.75, 3.05) is 5.32 Å². The molecule has 0 spiro atoms. The molecule has 19 heavy (non-hydrogen) atoms. The Hall–Kier alpha value is -1.89. The van der Waals surface area contributed by atoms with E-state index in [2.05, 4.69) is 10.3 Å². The lowest BCUT2D eigenvalue weighted by Gasteiger charge is -2.13. The molecule has 1 rings (SSSR count). The first kappa shape index (κ1) is 15.2. The van der Waals surface area contributed by atoms with E-state index in [0.29, 0.717) is 12.8 Å². The van der Waals surface area contributed by atoms with Crippen LogP contribution in [0.15, 0.2) is 12.3 Å². The number of rotatable bonds is 7. The molecule has 8 heteroatoms. The SMILES string of the molecule is CC(CCCC(=O)O)Nc1ncc(Cl)cc1[N+](=O)[O-]. The van der Waals surface area contributed by atoms with Gasteiger partial charge < -0.3 is 10.4 Å². The van der Waals surface area contributed by atoms with Gasteiger partial charge in [-0.3, -0.25) is 14.9 Å². The molecule has 1 heterocycles. The maximum Gasteiger partial charge on any atom is 0.312 e. The third kappa shape index (κ3) is 5.09. The van der Waals surface area contributed by atoms with Gasteiger partial charge in [-0.2, -0.15) is 0 Å². The molecule has 0 aliphatic heterocycles. The number of anilines is 1. The van der Waals surface area contributed by atoms with Gasteiger partial charge in [-0.15, -0.1) is 0 Å². The van der Waals surface area contributed by atoms with Crippen LogP contribution in [0.4, 0.5) is 11.5 Å². The van der Waals surface area contributed by atoms with E-state index in [0.717, 1.165) is 0 Å². The summed E-state index contributed by atoms with van der Waals surface area (Å²) < 4.78 is 0. The zero-order chi connectivity index (χ0) is 14.4. The average Bonchev–Trinajstić information content (AvgIpc) is 2.30. The number of aromatic nitrogens is 1. The molecule has 0 amide bonds. The zero-order valence-corrected chi connectivity index (χ0v) is 11.1. The summed E-state index contributed by atoms with van der Waals surface area (Å²) in [6.45, 7) is 1.81. The molecule has 0 radical (unpaired) electrons. The van der Waals surface area contributed by atoms with Gasteiger partial charge in [0.15, 0.2) is 0 Å². The first-order chi connectivity index (χ1) is 8.90. The van der Waals surface area contributed by atoms with Crippen molar-refractivity contribution in [3.05, 3.63) is 27.4 Å². The molecule has 1 unspecified atom stereocenters. The van der Waals surface area contributed by atoms with Crippen molar-refractivity contribution < 1.29 is 14.8 Å². The van der Waals surface area contributed by atoms with Gasteiger partial charge in [0.25, 0.3) is 0 Å². The van der Waals surface area contributed by atoms with Crippen LogP contribution >= 0.6 is 11.6 Å². The molecule has 0 bridgehead atoms. The number of aliphatic carboxylic acids is 1. The Balaban J connectivity index is 2.65. The molecule has 0 aromatic carbocycles. The highest BCUT2D eigenvalue weighted by molar-refractivity contribution is 6.30. The average molecular weight is 288 g/mol. The lowest BCUT2D eigenvalue weighted by atomic mass is 10.1. The molecule has 0 fully saturated rings. The predicted octanol–water partition coefficient (Wildman–Crippen LogP) is 2.70. The second-order valence-corrected chi connectivity index (χ2v) is 4.55. The van der Waals surface area contributed by atoms with Crippen LogP contribution in [0.3, 0.4) is 0 Å². The fraction of sp³-hybridized carbons (Fsp3) is 0.455. The third-order valence-electron chi connectivity index (χ3n) is 2.44. The van der Waals surface area contributed by atoms with E-state index < -0.39 is 10.9 Å². The lowest BCUT2D eigenvalue weighted by Crippen LogP contribution is -2.17. The Morgan fingerprint density at radius 2 is 2.37 bits per heavy atom. The van der Waals surface area contributed by atoms with Crippen molar-refractivity contribution in [3.8, 4) is 0 Å². The van der Waals surface area contributed by atoms with E-state index in [4.69, 9.17) is 16.7 Å². The number of nitrogens with zero attached hydrogens (tertiary/aromatic N) is 2. The van der Waals surface area contributed by atoms with Crippen molar-refractivity contribution in [1.82, 2.24) is 4.98 Å². The Bertz CT molecular complexity index is 481. The number of halogens is 1. The number of carboxylic acid groups (broad SMARTS) is 1. The van der Waals surface area contributed by atoms with Crippen LogP contribution in [0.2, 0.25) is 5.02 Å². The molecular weight excluding hydrogens is 274 g/mol. The number of nitro groups is 1. The molecule has 0 saturated heterocycles. The topological polar surface area (TPSA) is 105 Å². The minimum absolute atomic E-state index is 0.0716. The van der Waals surface area contributed by atoms with Gasteiger partial charge in [0, 0.05) is 24.7 Å². The standard InChI is InChI=1S/C11H14ClN3O4/c1-7(3-2-4-10(16)17)14-11-9(15(18)19)5-8(12)6-13-11/h5-7H,2-4H2,1H3,(H,13,14)(H,16,17). The zero-order valence-electron chi connectivity index (χ0n) is 10.3. The molecule has 7 nitrogen and oxygen atoms in total. The molecule has 0 aliphatic rings. The summed E-state index contributed by atoms with van der Waals surface area (Å²) in [4.78, 5) is 24.5. The van der Waals surface area contributed by atoms with Crippen LogP contribution < -0.4 is 5.32 Å². The van der Waals surface area contributed by atoms with E-state index in [-0.39, 0.29) is 29.0 Å². The van der Waals surface area contributed by atoms with Crippen LogP contribution in [-0.2, 0) is 4.79 Å². The molecule has 0 saturated carbocycles. The second kappa shape index (κ2) is 6.89. The van der Waals surface area contributed by atoms with E-state index in [1.807, 2.05) is 6.92 Å². The van der Waals surface area contributed by atoms with Crippen molar-refractivity contribution in [3.63, 3.8) is 0 Å². The summed E-state index contributed by atoms with van der Waals surface area (Å²) in [6, 6.07) is 1.10. The largest absolute Gasteiger partial charge is 0.481 e. The van der Waals surface area contributed by atoms with Crippen LogP contribution in [0.5, 0.6) is 0 Å². The minimum atomic E-state index is -0.859. The van der Waals surface area contributed by atoms with Crippen molar-refractivity contribution in [2.45, 2.75) is 32.2 Å². The first-order valence-corrected chi connectivity index (χ1v) is 6.06. The molecule has 1 aromatic rings. The van der Waals surface area contributed by atoms with Gasteiger partial charge in [-0.25, -0.2) is 4.98 Å². The fourth-order valence-corrected chi connectivity index (χ4v) is 1.70. The first-order valence-electron chi connectivity index (χ1n) is 5.68. The van der Waals surface area contributed by atoms with Gasteiger partial charge in [0.1, 0.15) is 0 Å². The molecule has 2 N–H and O–H groups in total. The molecule has 1 atom stereocenters. The third-order valence-corrected chi connectivity index (χ3v) is 2.65. The van der Waals surface area contributed by atoms with Gasteiger partial charge in [-0.05, 0) is 19.8 Å². The highest BCUT2D eigenvalue weighted by Gasteiger charge is 2.17. The molecule has 1 aromatic heterocycles. The van der Waals surface area contributed by atoms with Crippen LogP contribution in [0, 0.1) is 10.1 Å². The smallest absolute Gasteiger partial charge is 0.312 e. The quantitative estimate of drug-likeness (QED) is 0.590. The van der Waals surface area contributed by atoms with Crippen LogP contribution in [-0.4, -0.2) is 27.0 Å². The maximum absolute atomic E-state index is 10.8. The predicted molar refractivity (Wildman–Crippen MR) is 70.5 cm³/mol. The Morgan fingerprint density at radius 3 is 2.95 bits per heavy atom. The number of carboxylic acids is 1. The van der Waals surface area contributed by atoms with E-state index in [1.54, 1.807) is 0 Å². The Kier molecular flexibility index (Phi) is 5.50. The van der Waals surface area contributed by atoms with Gasteiger partial charge >= 0.3 is 11.7 Å². The molecule has 0 aliphatic carbocycles. The van der Waals surface area contributed by atoms with E-state index in [1.165, 1.54) is 12.3 Å². The summed E-state index contributed by atoms with van der Waals surface area (Å²) in [5, 5.41) is 22.5. The Labute approximate surface area is 114 Å². The van der Waals surface area contributed by atoms with E-state index >= 15 is 0 Å². The monoisotopic (exact) mass is 287 g/mol. The van der Waals surface area contributed by atoms with Gasteiger partial charge in [0.2, 0.25) is 5.82 Å². The fourth-order valence-electron chi connectivity index (χ4n) is 1.54. The summed E-state index contributed by atoms with van der Waals surface area (Å²) in [5.41, 5.74) is -0.197. The van der Waals surface area contributed by atoms with Crippen molar-refractivity contribution >= 4 is 29.1 Å². The molecular formula is C11H14ClN3O4. The number of hydrogen-bond acceptors (Lipinski definition) is 5. The summed E-state index contributed by atoms with van der Waals surface area (Å²) in [7, 11) is 0. The maximum atomic E-state index is 10.8. The van der Waals surface area contributed by atoms with Crippen LogP contribution in [0.1, 0.15) is 26.2 Å². The number of nitrogens with one attached hydrogen (secondary N) is 1.